The molecule has 1 aromatic heterocycles. The number of alkyl carbamates (subject to hydrolysis) is 1. The summed E-state index contributed by atoms with van der Waals surface area (Å²) in [5, 5.41) is 6.15. The minimum atomic E-state index is -3.86. The van der Waals surface area contributed by atoms with Crippen LogP contribution in [0, 0.1) is 17.8 Å². The second kappa shape index (κ2) is 16.2. The Morgan fingerprint density at radius 3 is 2.46 bits per heavy atom. The molecule has 57 heavy (non-hydrogen) atoms. The van der Waals surface area contributed by atoms with Crippen LogP contribution in [0.15, 0.2) is 24.3 Å². The molecule has 2 bridgehead atoms. The lowest BCUT2D eigenvalue weighted by molar-refractivity contribution is -0.142. The number of carbonyl (C=O) groups is 4. The number of pyridine rings is 1. The first kappa shape index (κ1) is 39.7. The highest BCUT2D eigenvalue weighted by Gasteiger charge is 2.62. The molecule has 1 saturated heterocycles. The van der Waals surface area contributed by atoms with Gasteiger partial charge in [0.1, 0.15) is 41.3 Å². The molecule has 4 saturated carbocycles. The van der Waals surface area contributed by atoms with Gasteiger partial charge in [-0.3, -0.25) is 19.1 Å². The van der Waals surface area contributed by atoms with Crippen molar-refractivity contribution >= 4 is 44.7 Å². The number of ether oxygens (including phenoxy) is 3. The van der Waals surface area contributed by atoms with Crippen LogP contribution in [-0.4, -0.2) is 90.9 Å². The molecule has 7 atom stereocenters. The van der Waals surface area contributed by atoms with Crippen molar-refractivity contribution in [3.05, 3.63) is 30.0 Å². The largest absolute Gasteiger partial charge is 0.497 e. The minimum Gasteiger partial charge on any atom is -0.497 e. The molecule has 8 rings (SSSR count). The third-order valence-electron chi connectivity index (χ3n) is 13.5. The van der Waals surface area contributed by atoms with Gasteiger partial charge in [-0.15, -0.1) is 0 Å². The van der Waals surface area contributed by atoms with Crippen molar-refractivity contribution in [2.24, 2.45) is 17.8 Å². The fraction of sp³-hybridized carbons (Fsp3) is 0.690. The average molecular weight is 808 g/mol. The van der Waals surface area contributed by atoms with Gasteiger partial charge in [0, 0.05) is 11.8 Å². The number of aromatic nitrogens is 1. The zero-order valence-electron chi connectivity index (χ0n) is 33.1. The molecule has 3 heterocycles. The third kappa shape index (κ3) is 8.40. The Balaban J connectivity index is 1.13. The van der Waals surface area contributed by atoms with Crippen molar-refractivity contribution in [3.8, 4) is 11.5 Å². The number of hydrogen-bond acceptors (Lipinski definition) is 10. The van der Waals surface area contributed by atoms with Gasteiger partial charge >= 0.3 is 6.09 Å². The Hall–Kier alpha value is -4.14. The van der Waals surface area contributed by atoms with Crippen LogP contribution in [0.3, 0.4) is 0 Å². The molecule has 4 amide bonds. The molecule has 2 aliphatic heterocycles. The van der Waals surface area contributed by atoms with E-state index in [-0.39, 0.29) is 43.2 Å². The molecule has 0 unspecified atom stereocenters. The lowest BCUT2D eigenvalue weighted by Crippen LogP contribution is -2.59. The van der Waals surface area contributed by atoms with Gasteiger partial charge in [0.2, 0.25) is 21.8 Å². The topological polar surface area (TPSA) is 182 Å². The van der Waals surface area contributed by atoms with Crippen LogP contribution in [0.25, 0.3) is 10.9 Å². The van der Waals surface area contributed by atoms with Crippen molar-refractivity contribution in [1.82, 2.24) is 25.2 Å². The molecule has 3 N–H and O–H groups in total. The van der Waals surface area contributed by atoms with Crippen molar-refractivity contribution in [2.75, 3.05) is 13.7 Å². The van der Waals surface area contributed by atoms with Gasteiger partial charge in [-0.2, -0.15) is 0 Å². The first-order valence-corrected chi connectivity index (χ1v) is 22.8. The van der Waals surface area contributed by atoms with E-state index in [0.717, 1.165) is 87.2 Å². The summed E-state index contributed by atoms with van der Waals surface area (Å²) in [6.45, 7) is 1.96. The maximum Gasteiger partial charge on any atom is 0.408 e. The number of nitrogens with zero attached hydrogens (tertiary/aromatic N) is 2. The Labute approximate surface area is 334 Å². The van der Waals surface area contributed by atoms with Crippen molar-refractivity contribution in [3.63, 3.8) is 0 Å². The zero-order chi connectivity index (χ0) is 39.9. The van der Waals surface area contributed by atoms with Crippen molar-refractivity contribution in [1.29, 1.82) is 0 Å². The van der Waals surface area contributed by atoms with E-state index < -0.39 is 62.8 Å². The van der Waals surface area contributed by atoms with Gasteiger partial charge in [-0.05, 0) is 113 Å². The van der Waals surface area contributed by atoms with Gasteiger partial charge < -0.3 is 29.7 Å². The van der Waals surface area contributed by atoms with Crippen LogP contribution >= 0.6 is 0 Å². The molecule has 2 aromatic rings. The highest BCUT2D eigenvalue weighted by molar-refractivity contribution is 7.91. The fourth-order valence-corrected chi connectivity index (χ4v) is 11.3. The number of methoxy groups -OCH3 is 1. The van der Waals surface area contributed by atoms with Gasteiger partial charge in [0.05, 0.1) is 30.1 Å². The summed E-state index contributed by atoms with van der Waals surface area (Å²) >= 11 is 0. The van der Waals surface area contributed by atoms with Gasteiger partial charge in [0.15, 0.2) is 0 Å². The van der Waals surface area contributed by atoms with E-state index in [0.29, 0.717) is 37.2 Å². The number of rotatable bonds is 8. The standard InChI is InChI=1S/C42H57N5O9S/c1-3-28-23-42(28,40(50)46-57(52,53)31-17-18-31)45-38(48)34-22-30-24-47(34)39(49)37(26-11-7-8-12-26)44-41(51)56-35-15-9-13-25(35)10-5-4-6-14-33-36(55-30)21-27-20-29(54-2)16-19-32(27)43-33/h16,19-21,25-26,28,30-31,34-35,37H,3-15,17-18,22-24H2,1-2H3,(H,44,51)(H,45,48)(H,46,50)/t25-,28-,30+,34-,35-,37-,42+/m0/s1. The number of aryl methyl sites for hydroxylation is 1. The summed E-state index contributed by atoms with van der Waals surface area (Å²) in [5.41, 5.74) is 0.200. The molecule has 0 spiro atoms. The molecule has 0 radical (unpaired) electrons. The van der Waals surface area contributed by atoms with Gasteiger partial charge in [-0.1, -0.05) is 39.0 Å². The van der Waals surface area contributed by atoms with E-state index in [4.69, 9.17) is 19.2 Å². The van der Waals surface area contributed by atoms with Crippen LogP contribution in [0.1, 0.15) is 115 Å². The van der Waals surface area contributed by atoms with Crippen LogP contribution in [0.4, 0.5) is 4.79 Å². The number of nitrogens with one attached hydrogen (secondary N) is 3. The molecule has 14 nitrogen and oxygen atoms in total. The summed E-state index contributed by atoms with van der Waals surface area (Å²) in [6.07, 6.45) is 11.1. The molecule has 4 aliphatic carbocycles. The predicted octanol–water partition coefficient (Wildman–Crippen LogP) is 5.06. The first-order valence-electron chi connectivity index (χ1n) is 21.3. The third-order valence-corrected chi connectivity index (χ3v) is 15.3. The predicted molar refractivity (Wildman–Crippen MR) is 211 cm³/mol. The summed E-state index contributed by atoms with van der Waals surface area (Å²) in [7, 11) is -2.25. The van der Waals surface area contributed by atoms with Gasteiger partial charge in [0.25, 0.3) is 5.91 Å². The second-order valence-corrected chi connectivity index (χ2v) is 19.3. The Morgan fingerprint density at radius 1 is 0.965 bits per heavy atom. The molecular formula is C42H57N5O9S. The monoisotopic (exact) mass is 807 g/mol. The van der Waals surface area contributed by atoms with Gasteiger partial charge in [-0.25, -0.2) is 18.2 Å². The minimum absolute atomic E-state index is 0.0591. The molecule has 1 aromatic carbocycles. The van der Waals surface area contributed by atoms with Crippen LogP contribution in [0.2, 0.25) is 0 Å². The zero-order valence-corrected chi connectivity index (χ0v) is 33.9. The smallest absolute Gasteiger partial charge is 0.408 e. The number of sulfonamides is 1. The Kier molecular flexibility index (Phi) is 11.3. The number of hydrogen-bond donors (Lipinski definition) is 3. The summed E-state index contributed by atoms with van der Waals surface area (Å²) < 4.78 is 46.2. The lowest BCUT2D eigenvalue weighted by atomic mass is 9.96. The maximum atomic E-state index is 14.9. The SMILES string of the molecule is CC[C@H]1C[C@]1(NC(=O)[C@@H]1C[C@@H]2CN1C(=O)[C@H](C1CCCC1)NC(=O)O[C@H]1CCC[C@@H]1CCCCCc1nc3ccc(OC)cc3cc1O2)C(=O)NS(=O)(=O)C1CC1. The lowest BCUT2D eigenvalue weighted by Gasteiger charge is -2.32. The quantitative estimate of drug-likeness (QED) is 0.326. The summed E-state index contributed by atoms with van der Waals surface area (Å²) in [4.78, 5) is 63.3. The summed E-state index contributed by atoms with van der Waals surface area (Å²) in [5.74, 6) is -0.572. The fourth-order valence-electron chi connectivity index (χ4n) is 9.95. The van der Waals surface area contributed by atoms with Crippen LogP contribution in [-0.2, 0) is 35.6 Å². The highest BCUT2D eigenvalue weighted by Crippen LogP contribution is 2.47. The molecule has 5 fully saturated rings. The van der Waals surface area contributed by atoms with Crippen molar-refractivity contribution in [2.45, 2.75) is 151 Å². The number of carbonyl (C=O) groups excluding carboxylic acids is 4. The number of amides is 4. The Bertz CT molecular complexity index is 1980. The number of fused-ring (bicyclic) bond motifs is 5. The molecular weight excluding hydrogens is 751 g/mol. The maximum absolute atomic E-state index is 14.9. The number of benzene rings is 1. The highest BCUT2D eigenvalue weighted by atomic mass is 32.2. The van der Waals surface area contributed by atoms with E-state index in [9.17, 15) is 27.6 Å². The molecule has 15 heteroatoms. The molecule has 310 valence electrons. The van der Waals surface area contributed by atoms with Crippen LogP contribution in [0.5, 0.6) is 11.5 Å². The average Bonchev–Trinajstić information content (AvgIpc) is 3.98. The Morgan fingerprint density at radius 2 is 1.72 bits per heavy atom. The van der Waals surface area contributed by atoms with E-state index >= 15 is 0 Å². The van der Waals surface area contributed by atoms with Crippen LogP contribution < -0.4 is 24.8 Å². The first-order chi connectivity index (χ1) is 27.5. The van der Waals surface area contributed by atoms with E-state index in [2.05, 4.69) is 15.4 Å². The molecule has 6 aliphatic rings. The summed E-state index contributed by atoms with van der Waals surface area (Å²) in [6, 6.07) is 5.70. The van der Waals surface area contributed by atoms with E-state index in [1.807, 2.05) is 31.2 Å². The van der Waals surface area contributed by atoms with E-state index in [1.54, 1.807) is 7.11 Å². The van der Waals surface area contributed by atoms with Crippen molar-refractivity contribution < 1.29 is 41.8 Å². The second-order valence-electron chi connectivity index (χ2n) is 17.3. The van der Waals surface area contributed by atoms with E-state index in [1.165, 1.54) is 4.90 Å². The normalized spacial score (nSPS) is 31.2.